The molecule has 0 bridgehead atoms. The molecule has 124 valence electrons. The number of benzene rings is 2. The zero-order valence-corrected chi connectivity index (χ0v) is 14.6. The number of likely N-dealkylation sites (N-methyl/N-ethyl adjacent to an activating group) is 1. The van der Waals surface area contributed by atoms with Crippen molar-refractivity contribution in [3.05, 3.63) is 66.2 Å². The molecule has 0 heterocycles. The summed E-state index contributed by atoms with van der Waals surface area (Å²) in [6.07, 6.45) is 0. The monoisotopic (exact) mass is 332 g/mol. The van der Waals surface area contributed by atoms with Gasteiger partial charge in [-0.2, -0.15) is 0 Å². The lowest BCUT2D eigenvalue weighted by atomic mass is 10.2. The first-order valence-corrected chi connectivity index (χ1v) is 7.86. The van der Waals surface area contributed by atoms with Gasteiger partial charge in [-0.25, -0.2) is 0 Å². The van der Waals surface area contributed by atoms with Crippen LogP contribution in [0.2, 0.25) is 0 Å². The van der Waals surface area contributed by atoms with Crippen molar-refractivity contribution >= 4 is 24.0 Å². The predicted octanol–water partition coefficient (Wildman–Crippen LogP) is 3.98. The number of carbonyl (C=O) groups is 1. The van der Waals surface area contributed by atoms with Crippen LogP contribution < -0.4 is 4.90 Å². The van der Waals surface area contributed by atoms with E-state index in [1.165, 1.54) is 0 Å². The fourth-order valence-electron chi connectivity index (χ4n) is 2.42. The first-order valence-electron chi connectivity index (χ1n) is 7.86. The molecule has 0 atom stereocenters. The van der Waals surface area contributed by atoms with E-state index >= 15 is 0 Å². The van der Waals surface area contributed by atoms with E-state index < -0.39 is 0 Å². The van der Waals surface area contributed by atoms with Crippen LogP contribution >= 0.6 is 12.4 Å². The molecule has 1 amide bonds. The van der Waals surface area contributed by atoms with E-state index in [0.717, 1.165) is 24.3 Å². The van der Waals surface area contributed by atoms with Crippen molar-refractivity contribution in [3.63, 3.8) is 0 Å². The molecule has 0 aliphatic rings. The van der Waals surface area contributed by atoms with Gasteiger partial charge in [0.15, 0.2) is 0 Å². The Labute approximate surface area is 145 Å². The molecule has 2 aromatic carbocycles. The maximum atomic E-state index is 12.8. The number of carbonyl (C=O) groups excluding carboxylic acids is 1. The molecule has 0 radical (unpaired) electrons. The third kappa shape index (κ3) is 5.70. The van der Waals surface area contributed by atoms with Gasteiger partial charge in [-0.1, -0.05) is 62.4 Å². The minimum atomic E-state index is 0. The van der Waals surface area contributed by atoms with Crippen molar-refractivity contribution in [1.82, 2.24) is 4.90 Å². The predicted molar refractivity (Wildman–Crippen MR) is 99.1 cm³/mol. The molecule has 0 saturated carbocycles. The molecule has 0 saturated heterocycles. The molecule has 0 N–H and O–H groups in total. The van der Waals surface area contributed by atoms with Crippen molar-refractivity contribution in [2.24, 2.45) is 0 Å². The van der Waals surface area contributed by atoms with E-state index in [1.54, 1.807) is 0 Å². The van der Waals surface area contributed by atoms with Gasteiger partial charge in [0.2, 0.25) is 5.91 Å². The normalized spacial score (nSPS) is 10.2. The first kappa shape index (κ1) is 19.2. The molecule has 2 aromatic rings. The third-order valence-electron chi connectivity index (χ3n) is 3.81. The molecule has 0 spiro atoms. The summed E-state index contributed by atoms with van der Waals surface area (Å²) in [6.45, 7) is 6.99. The topological polar surface area (TPSA) is 23.6 Å². The highest BCUT2D eigenvalue weighted by Gasteiger charge is 2.18. The summed E-state index contributed by atoms with van der Waals surface area (Å²) < 4.78 is 0. The second kappa shape index (κ2) is 10.0. The molecule has 0 unspecified atom stereocenters. The number of rotatable bonds is 7. The van der Waals surface area contributed by atoms with Crippen LogP contribution in [0.4, 0.5) is 5.69 Å². The average molecular weight is 333 g/mol. The number of amides is 1. The van der Waals surface area contributed by atoms with Crippen molar-refractivity contribution in [1.29, 1.82) is 0 Å². The van der Waals surface area contributed by atoms with Crippen molar-refractivity contribution in [2.45, 2.75) is 20.4 Å². The lowest BCUT2D eigenvalue weighted by Gasteiger charge is -2.26. The Bertz CT molecular complexity index is 570. The van der Waals surface area contributed by atoms with Gasteiger partial charge in [-0.05, 0) is 30.8 Å². The van der Waals surface area contributed by atoms with E-state index in [-0.39, 0.29) is 18.3 Å². The number of halogens is 1. The fraction of sp³-hybridized carbons (Fsp3) is 0.316. The van der Waals surface area contributed by atoms with E-state index in [4.69, 9.17) is 0 Å². The molecule has 0 aliphatic carbocycles. The van der Waals surface area contributed by atoms with E-state index in [0.29, 0.717) is 13.1 Å². The highest BCUT2D eigenvalue weighted by Crippen LogP contribution is 2.17. The van der Waals surface area contributed by atoms with Gasteiger partial charge < -0.3 is 4.90 Å². The van der Waals surface area contributed by atoms with Crippen LogP contribution in [0.15, 0.2) is 60.7 Å². The Hall–Kier alpha value is -1.84. The fourth-order valence-corrected chi connectivity index (χ4v) is 2.42. The van der Waals surface area contributed by atoms with Gasteiger partial charge in [0.05, 0.1) is 13.1 Å². The highest BCUT2D eigenvalue weighted by molar-refractivity contribution is 5.94. The molecule has 4 heteroatoms. The summed E-state index contributed by atoms with van der Waals surface area (Å²) in [7, 11) is 0. The second-order valence-electron chi connectivity index (χ2n) is 5.26. The summed E-state index contributed by atoms with van der Waals surface area (Å²) in [4.78, 5) is 16.8. The van der Waals surface area contributed by atoms with E-state index in [1.807, 2.05) is 53.4 Å². The Morgan fingerprint density at radius 1 is 0.870 bits per heavy atom. The lowest BCUT2D eigenvalue weighted by Crippen LogP contribution is -2.40. The number of hydrogen-bond acceptors (Lipinski definition) is 2. The van der Waals surface area contributed by atoms with Crippen LogP contribution in [0.25, 0.3) is 0 Å². The molecule has 0 fully saturated rings. The number of anilines is 1. The Kier molecular flexibility index (Phi) is 8.38. The standard InChI is InChI=1S/C19H24N2O.ClH/c1-3-20(4-2)16-19(22)21(18-13-9-6-10-14-18)15-17-11-7-5-8-12-17;/h5-14H,3-4,15-16H2,1-2H3;1H. The van der Waals surface area contributed by atoms with Gasteiger partial charge in [-0.3, -0.25) is 9.69 Å². The van der Waals surface area contributed by atoms with Crippen LogP contribution in [0.3, 0.4) is 0 Å². The van der Waals surface area contributed by atoms with Gasteiger partial charge in [0.1, 0.15) is 0 Å². The van der Waals surface area contributed by atoms with Gasteiger partial charge in [-0.15, -0.1) is 12.4 Å². The van der Waals surface area contributed by atoms with Crippen LogP contribution in [-0.4, -0.2) is 30.4 Å². The number of hydrogen-bond donors (Lipinski definition) is 0. The van der Waals surface area contributed by atoms with E-state index in [2.05, 4.69) is 30.9 Å². The van der Waals surface area contributed by atoms with Crippen molar-refractivity contribution in [2.75, 3.05) is 24.5 Å². The smallest absolute Gasteiger partial charge is 0.241 e. The van der Waals surface area contributed by atoms with Crippen molar-refractivity contribution in [3.8, 4) is 0 Å². The maximum Gasteiger partial charge on any atom is 0.241 e. The lowest BCUT2D eigenvalue weighted by molar-refractivity contribution is -0.119. The molecular formula is C19H25ClN2O. The number of nitrogens with zero attached hydrogens (tertiary/aromatic N) is 2. The van der Waals surface area contributed by atoms with Crippen LogP contribution in [0, 0.1) is 0 Å². The molecule has 23 heavy (non-hydrogen) atoms. The largest absolute Gasteiger partial charge is 0.307 e. The second-order valence-corrected chi connectivity index (χ2v) is 5.26. The summed E-state index contributed by atoms with van der Waals surface area (Å²) in [5, 5.41) is 0. The quantitative estimate of drug-likeness (QED) is 0.765. The Morgan fingerprint density at radius 2 is 1.39 bits per heavy atom. The summed E-state index contributed by atoms with van der Waals surface area (Å²) in [5.74, 6) is 0.138. The third-order valence-corrected chi connectivity index (χ3v) is 3.81. The van der Waals surface area contributed by atoms with Crippen LogP contribution in [-0.2, 0) is 11.3 Å². The molecule has 0 aliphatic heterocycles. The molecule has 3 nitrogen and oxygen atoms in total. The zero-order valence-electron chi connectivity index (χ0n) is 13.8. The minimum absolute atomic E-state index is 0. The Balaban J connectivity index is 0.00000264. The average Bonchev–Trinajstić information content (AvgIpc) is 2.59. The van der Waals surface area contributed by atoms with Gasteiger partial charge in [0.25, 0.3) is 0 Å². The highest BCUT2D eigenvalue weighted by atomic mass is 35.5. The summed E-state index contributed by atoms with van der Waals surface area (Å²) in [6, 6.07) is 20.0. The van der Waals surface area contributed by atoms with Gasteiger partial charge >= 0.3 is 0 Å². The van der Waals surface area contributed by atoms with Crippen LogP contribution in [0.1, 0.15) is 19.4 Å². The van der Waals surface area contributed by atoms with Crippen molar-refractivity contribution < 1.29 is 4.79 Å². The van der Waals surface area contributed by atoms with E-state index in [9.17, 15) is 4.79 Å². The molecule has 0 aromatic heterocycles. The van der Waals surface area contributed by atoms with Crippen LogP contribution in [0.5, 0.6) is 0 Å². The maximum absolute atomic E-state index is 12.8. The minimum Gasteiger partial charge on any atom is -0.307 e. The molecular weight excluding hydrogens is 308 g/mol. The molecule has 2 rings (SSSR count). The number of para-hydroxylation sites is 1. The first-order chi connectivity index (χ1) is 10.7. The summed E-state index contributed by atoms with van der Waals surface area (Å²) >= 11 is 0. The summed E-state index contributed by atoms with van der Waals surface area (Å²) in [5.41, 5.74) is 2.09. The Morgan fingerprint density at radius 3 is 1.91 bits per heavy atom. The SMILES string of the molecule is CCN(CC)CC(=O)N(Cc1ccccc1)c1ccccc1.Cl. The zero-order chi connectivity index (χ0) is 15.8. The van der Waals surface area contributed by atoms with Gasteiger partial charge in [0, 0.05) is 5.69 Å².